The van der Waals surface area contributed by atoms with Gasteiger partial charge >= 0.3 is 0 Å². The van der Waals surface area contributed by atoms with Crippen LogP contribution in [0.5, 0.6) is 0 Å². The third-order valence-electron chi connectivity index (χ3n) is 3.56. The number of hydrogen-bond donors (Lipinski definition) is 1. The summed E-state index contributed by atoms with van der Waals surface area (Å²) in [7, 11) is 0. The van der Waals surface area contributed by atoms with Crippen LogP contribution in [0.3, 0.4) is 0 Å². The Morgan fingerprint density at radius 3 is 2.94 bits per heavy atom. The maximum absolute atomic E-state index is 11.5. The first kappa shape index (κ1) is 13.8. The molecule has 1 aliphatic rings. The lowest BCUT2D eigenvalue weighted by Gasteiger charge is -2.29. The number of nitrogens with zero attached hydrogens (tertiary/aromatic N) is 1. The van der Waals surface area contributed by atoms with Gasteiger partial charge in [0.05, 0.1) is 10.6 Å². The lowest BCUT2D eigenvalue weighted by Crippen LogP contribution is -2.45. The molecular formula is C13H16Cl2N2O. The average Bonchev–Trinajstić information content (AvgIpc) is 2.77. The molecule has 0 amide bonds. The Morgan fingerprint density at radius 2 is 2.33 bits per heavy atom. The molecule has 2 atom stereocenters. The van der Waals surface area contributed by atoms with E-state index in [1.807, 2.05) is 6.07 Å². The summed E-state index contributed by atoms with van der Waals surface area (Å²) >= 11 is 11.8. The quantitative estimate of drug-likeness (QED) is 0.683. The molecule has 5 heteroatoms. The van der Waals surface area contributed by atoms with Gasteiger partial charge in [-0.2, -0.15) is 0 Å². The Morgan fingerprint density at radius 1 is 1.56 bits per heavy atom. The van der Waals surface area contributed by atoms with Crippen LogP contribution >= 0.6 is 23.2 Å². The maximum atomic E-state index is 11.5. The number of carbonyl (C=O) groups excluding carboxylic acids is 1. The molecule has 1 N–H and O–H groups in total. The molecule has 2 rings (SSSR count). The van der Waals surface area contributed by atoms with E-state index in [0.717, 1.165) is 37.8 Å². The van der Waals surface area contributed by atoms with Crippen molar-refractivity contribution in [1.82, 2.24) is 10.3 Å². The number of hydrogen-bond acceptors (Lipinski definition) is 3. The first-order chi connectivity index (χ1) is 8.63. The van der Waals surface area contributed by atoms with Crippen LogP contribution in [0.15, 0.2) is 12.1 Å². The molecule has 1 fully saturated rings. The fraction of sp³-hybridized carbons (Fsp3) is 0.538. The Balaban J connectivity index is 2.35. The van der Waals surface area contributed by atoms with Crippen molar-refractivity contribution in [2.75, 3.05) is 6.54 Å². The fourth-order valence-electron chi connectivity index (χ4n) is 2.73. The summed E-state index contributed by atoms with van der Waals surface area (Å²) in [5.74, 6) is 0.0738. The molecule has 1 saturated heterocycles. The van der Waals surface area contributed by atoms with E-state index in [9.17, 15) is 4.79 Å². The van der Waals surface area contributed by atoms with Crippen molar-refractivity contribution in [2.45, 2.75) is 37.6 Å². The second-order valence-corrected chi connectivity index (χ2v) is 5.45. The van der Waals surface area contributed by atoms with E-state index in [-0.39, 0.29) is 5.92 Å². The number of aromatic nitrogens is 1. The predicted molar refractivity (Wildman–Crippen MR) is 73.3 cm³/mol. The first-order valence-corrected chi connectivity index (χ1v) is 6.92. The second-order valence-electron chi connectivity index (χ2n) is 4.69. The number of nitrogens with one attached hydrogen (secondary N) is 1. The number of halogens is 2. The molecule has 1 aromatic rings. The van der Waals surface area contributed by atoms with E-state index in [1.165, 1.54) is 0 Å². The van der Waals surface area contributed by atoms with E-state index >= 15 is 0 Å². The van der Waals surface area contributed by atoms with Gasteiger partial charge in [0.1, 0.15) is 11.4 Å². The Kier molecular flexibility index (Phi) is 4.25. The van der Waals surface area contributed by atoms with E-state index in [0.29, 0.717) is 10.2 Å². The van der Waals surface area contributed by atoms with Crippen molar-refractivity contribution in [3.8, 4) is 0 Å². The van der Waals surface area contributed by atoms with E-state index < -0.39 is 5.54 Å². The van der Waals surface area contributed by atoms with Crippen LogP contribution in [0.4, 0.5) is 0 Å². The van der Waals surface area contributed by atoms with Crippen molar-refractivity contribution in [2.24, 2.45) is 0 Å². The van der Waals surface area contributed by atoms with E-state index in [4.69, 9.17) is 23.2 Å². The molecule has 1 aromatic heterocycles. The van der Waals surface area contributed by atoms with Crippen LogP contribution < -0.4 is 5.32 Å². The van der Waals surface area contributed by atoms with Gasteiger partial charge in [-0.05, 0) is 31.5 Å². The van der Waals surface area contributed by atoms with Gasteiger partial charge in [0, 0.05) is 11.6 Å². The van der Waals surface area contributed by atoms with Crippen LogP contribution in [0.1, 0.15) is 37.8 Å². The molecular weight excluding hydrogens is 271 g/mol. The summed E-state index contributed by atoms with van der Waals surface area (Å²) in [6.45, 7) is 2.90. The van der Waals surface area contributed by atoms with Gasteiger partial charge in [-0.1, -0.05) is 36.5 Å². The third kappa shape index (κ3) is 2.40. The molecule has 3 nitrogen and oxygen atoms in total. The van der Waals surface area contributed by atoms with Gasteiger partial charge in [0.2, 0.25) is 0 Å². The van der Waals surface area contributed by atoms with Crippen molar-refractivity contribution < 1.29 is 4.79 Å². The van der Waals surface area contributed by atoms with Crippen LogP contribution in [0.25, 0.3) is 0 Å². The molecule has 2 heterocycles. The molecule has 18 heavy (non-hydrogen) atoms. The van der Waals surface area contributed by atoms with Gasteiger partial charge in [-0.15, -0.1) is 0 Å². The van der Waals surface area contributed by atoms with Crippen LogP contribution in [-0.2, 0) is 4.79 Å². The summed E-state index contributed by atoms with van der Waals surface area (Å²) in [6, 6.07) is 3.60. The third-order valence-corrected chi connectivity index (χ3v) is 4.25. The number of carbonyl (C=O) groups is 1. The van der Waals surface area contributed by atoms with Crippen LogP contribution in [0, 0.1) is 0 Å². The summed E-state index contributed by atoms with van der Waals surface area (Å²) < 4.78 is 0. The zero-order valence-electron chi connectivity index (χ0n) is 10.2. The summed E-state index contributed by atoms with van der Waals surface area (Å²) in [6.07, 6.45) is 3.68. The molecule has 0 radical (unpaired) electrons. The first-order valence-electron chi connectivity index (χ1n) is 6.16. The highest BCUT2D eigenvalue weighted by molar-refractivity contribution is 6.41. The summed E-state index contributed by atoms with van der Waals surface area (Å²) in [5, 5.41) is 4.07. The normalized spacial score (nSPS) is 27.4. The fourth-order valence-corrected chi connectivity index (χ4v) is 2.99. The number of pyridine rings is 1. The minimum atomic E-state index is -0.501. The predicted octanol–water partition coefficient (Wildman–Crippen LogP) is 3.20. The summed E-state index contributed by atoms with van der Waals surface area (Å²) in [5.41, 5.74) is 0.341. The zero-order chi connectivity index (χ0) is 13.2. The smallest absolute Gasteiger partial charge is 0.147 e. The summed E-state index contributed by atoms with van der Waals surface area (Å²) in [4.78, 5) is 15.8. The highest BCUT2D eigenvalue weighted by Crippen LogP contribution is 2.38. The molecule has 0 aromatic carbocycles. The molecule has 0 spiro atoms. The van der Waals surface area contributed by atoms with Gasteiger partial charge < -0.3 is 10.1 Å². The van der Waals surface area contributed by atoms with Gasteiger partial charge in [-0.3, -0.25) is 0 Å². The minimum absolute atomic E-state index is 0.0738. The van der Waals surface area contributed by atoms with Gasteiger partial charge in [0.15, 0.2) is 0 Å². The highest BCUT2D eigenvalue weighted by Gasteiger charge is 2.43. The molecule has 2 unspecified atom stereocenters. The van der Waals surface area contributed by atoms with E-state index in [2.05, 4.69) is 17.2 Å². The topological polar surface area (TPSA) is 42.0 Å². The van der Waals surface area contributed by atoms with Crippen LogP contribution in [0.2, 0.25) is 10.2 Å². The lowest BCUT2D eigenvalue weighted by atomic mass is 9.81. The van der Waals surface area contributed by atoms with Crippen molar-refractivity contribution in [3.63, 3.8) is 0 Å². The lowest BCUT2D eigenvalue weighted by molar-refractivity contribution is -0.113. The minimum Gasteiger partial charge on any atom is -0.305 e. The van der Waals surface area contributed by atoms with Crippen molar-refractivity contribution in [3.05, 3.63) is 28.0 Å². The van der Waals surface area contributed by atoms with Crippen molar-refractivity contribution >= 4 is 29.5 Å². The Hall–Kier alpha value is -0.640. The molecule has 98 valence electrons. The second kappa shape index (κ2) is 5.55. The molecule has 0 aliphatic carbocycles. The number of rotatable bonds is 4. The average molecular weight is 287 g/mol. The van der Waals surface area contributed by atoms with Gasteiger partial charge in [0.25, 0.3) is 0 Å². The standard InChI is InChI=1S/C13H16Cl2N2O/c1-2-6-13(8-18)9(5-7-16-13)11-4-3-10(14)12(15)17-11/h3-4,8-9,16H,2,5-7H2,1H3. The maximum Gasteiger partial charge on any atom is 0.147 e. The number of aldehydes is 1. The molecule has 0 saturated carbocycles. The molecule has 1 aliphatic heterocycles. The Bertz CT molecular complexity index is 453. The largest absolute Gasteiger partial charge is 0.305 e. The molecule has 0 bridgehead atoms. The van der Waals surface area contributed by atoms with E-state index in [1.54, 1.807) is 6.07 Å². The zero-order valence-corrected chi connectivity index (χ0v) is 11.8. The highest BCUT2D eigenvalue weighted by atomic mass is 35.5. The monoisotopic (exact) mass is 286 g/mol. The van der Waals surface area contributed by atoms with Crippen molar-refractivity contribution in [1.29, 1.82) is 0 Å². The SMILES string of the molecule is CCCC1(C=O)NCCC1c1ccc(Cl)c(Cl)n1. The van der Waals surface area contributed by atoms with Crippen LogP contribution in [-0.4, -0.2) is 23.4 Å². The Labute approximate surface area is 117 Å². The van der Waals surface area contributed by atoms with Gasteiger partial charge in [-0.25, -0.2) is 4.98 Å².